The molecule has 0 aliphatic heterocycles. The number of nitrogens with two attached hydrogens (primary N) is 1. The molecular weight excluding hydrogens is 254 g/mol. The van der Waals surface area contributed by atoms with Gasteiger partial charge in [0, 0.05) is 11.5 Å². The molecule has 19 heavy (non-hydrogen) atoms. The van der Waals surface area contributed by atoms with Gasteiger partial charge in [-0.05, 0) is 35.7 Å². The van der Waals surface area contributed by atoms with Gasteiger partial charge in [-0.3, -0.25) is 0 Å². The summed E-state index contributed by atoms with van der Waals surface area (Å²) >= 11 is 1.90. The maximum Gasteiger partial charge on any atom is 0.141 e. The van der Waals surface area contributed by atoms with Crippen molar-refractivity contribution >= 4 is 17.4 Å². The van der Waals surface area contributed by atoms with Crippen LogP contribution in [0, 0.1) is 6.92 Å². The van der Waals surface area contributed by atoms with E-state index in [-0.39, 0.29) is 0 Å². The lowest BCUT2D eigenvalue weighted by Gasteiger charge is -2.08. The highest BCUT2D eigenvalue weighted by atomic mass is 32.2. The molecule has 0 unspecified atom stereocenters. The average molecular weight is 273 g/mol. The predicted molar refractivity (Wildman–Crippen MR) is 83.6 cm³/mol. The Morgan fingerprint density at radius 3 is 2.58 bits per heavy atom. The third-order valence-corrected chi connectivity index (χ3v) is 4.13. The molecule has 0 heterocycles. The van der Waals surface area contributed by atoms with Gasteiger partial charge >= 0.3 is 0 Å². The number of thioether (sulfide) groups is 1. The summed E-state index contributed by atoms with van der Waals surface area (Å²) in [7, 11) is 1.64. The highest BCUT2D eigenvalue weighted by Gasteiger charge is 2.02. The van der Waals surface area contributed by atoms with Gasteiger partial charge in [-0.15, -0.1) is 0 Å². The van der Waals surface area contributed by atoms with E-state index in [0.29, 0.717) is 5.69 Å². The fourth-order valence-corrected chi connectivity index (χ4v) is 2.99. The zero-order valence-corrected chi connectivity index (χ0v) is 12.2. The van der Waals surface area contributed by atoms with Crippen molar-refractivity contribution in [2.24, 2.45) is 0 Å². The quantitative estimate of drug-likeness (QED) is 0.836. The van der Waals surface area contributed by atoms with E-state index in [2.05, 4.69) is 37.3 Å². The molecule has 0 aliphatic rings. The van der Waals surface area contributed by atoms with Crippen LogP contribution in [-0.4, -0.2) is 7.11 Å². The minimum atomic E-state index is 0.705. The topological polar surface area (TPSA) is 35.2 Å². The molecule has 2 aromatic carbocycles. The Morgan fingerprint density at radius 1 is 1.11 bits per heavy atom. The minimum Gasteiger partial charge on any atom is -0.495 e. The Balaban J connectivity index is 1.93. The Labute approximate surface area is 119 Å². The second-order valence-electron chi connectivity index (χ2n) is 4.50. The molecule has 2 N–H and O–H groups in total. The van der Waals surface area contributed by atoms with Crippen molar-refractivity contribution < 1.29 is 4.74 Å². The fourth-order valence-electron chi connectivity index (χ4n) is 1.92. The number of hydrogen-bond acceptors (Lipinski definition) is 3. The third-order valence-electron chi connectivity index (χ3n) is 3.08. The SMILES string of the molecule is COc1ccc(CSCc2ccccc2C)cc1N. The Hall–Kier alpha value is -1.61. The molecule has 0 aromatic heterocycles. The third kappa shape index (κ3) is 3.67. The van der Waals surface area contributed by atoms with E-state index >= 15 is 0 Å². The molecule has 0 spiro atoms. The molecule has 0 aliphatic carbocycles. The molecule has 0 saturated heterocycles. The molecule has 0 radical (unpaired) electrons. The van der Waals surface area contributed by atoms with Crippen LogP contribution in [0.3, 0.4) is 0 Å². The number of methoxy groups -OCH3 is 1. The van der Waals surface area contributed by atoms with Gasteiger partial charge < -0.3 is 10.5 Å². The summed E-state index contributed by atoms with van der Waals surface area (Å²) in [5.41, 5.74) is 10.6. The zero-order chi connectivity index (χ0) is 13.7. The van der Waals surface area contributed by atoms with Crippen molar-refractivity contribution in [2.45, 2.75) is 18.4 Å². The van der Waals surface area contributed by atoms with Gasteiger partial charge in [-0.25, -0.2) is 0 Å². The van der Waals surface area contributed by atoms with Gasteiger partial charge in [-0.2, -0.15) is 11.8 Å². The molecule has 0 bridgehead atoms. The van der Waals surface area contributed by atoms with Crippen molar-refractivity contribution in [3.05, 3.63) is 59.2 Å². The number of ether oxygens (including phenoxy) is 1. The maximum absolute atomic E-state index is 5.90. The van der Waals surface area contributed by atoms with Crippen LogP contribution in [0.2, 0.25) is 0 Å². The summed E-state index contributed by atoms with van der Waals surface area (Å²) in [6.45, 7) is 2.15. The first kappa shape index (κ1) is 13.8. The van der Waals surface area contributed by atoms with Crippen LogP contribution in [0.1, 0.15) is 16.7 Å². The van der Waals surface area contributed by atoms with Crippen LogP contribution in [0.4, 0.5) is 5.69 Å². The number of nitrogen functional groups attached to an aromatic ring is 1. The van der Waals surface area contributed by atoms with Gasteiger partial charge in [0.1, 0.15) is 5.75 Å². The van der Waals surface area contributed by atoms with Crippen molar-refractivity contribution in [3.8, 4) is 5.75 Å². The maximum atomic E-state index is 5.90. The molecule has 2 aromatic rings. The molecule has 0 fully saturated rings. The number of benzene rings is 2. The summed E-state index contributed by atoms with van der Waals surface area (Å²) in [6.07, 6.45) is 0. The van der Waals surface area contributed by atoms with E-state index in [1.54, 1.807) is 7.11 Å². The van der Waals surface area contributed by atoms with Crippen LogP contribution >= 0.6 is 11.8 Å². The largest absolute Gasteiger partial charge is 0.495 e. The van der Waals surface area contributed by atoms with Gasteiger partial charge in [0.05, 0.1) is 12.8 Å². The normalized spacial score (nSPS) is 10.4. The van der Waals surface area contributed by atoms with Crippen molar-refractivity contribution in [1.82, 2.24) is 0 Å². The van der Waals surface area contributed by atoms with Gasteiger partial charge in [0.15, 0.2) is 0 Å². The summed E-state index contributed by atoms with van der Waals surface area (Å²) < 4.78 is 5.16. The lowest BCUT2D eigenvalue weighted by Crippen LogP contribution is -1.94. The predicted octanol–water partition coefficient (Wildman–Crippen LogP) is 4.02. The minimum absolute atomic E-state index is 0.705. The van der Waals surface area contributed by atoms with Crippen LogP contribution in [0.5, 0.6) is 5.75 Å². The average Bonchev–Trinajstić information content (AvgIpc) is 2.41. The van der Waals surface area contributed by atoms with Gasteiger partial charge in [-0.1, -0.05) is 30.3 Å². The van der Waals surface area contributed by atoms with Crippen LogP contribution in [0.25, 0.3) is 0 Å². The second kappa shape index (κ2) is 6.53. The van der Waals surface area contributed by atoms with E-state index in [1.807, 2.05) is 23.9 Å². The molecule has 0 amide bonds. The molecular formula is C16H19NOS. The smallest absolute Gasteiger partial charge is 0.141 e. The van der Waals surface area contributed by atoms with E-state index < -0.39 is 0 Å². The summed E-state index contributed by atoms with van der Waals surface area (Å²) in [5, 5.41) is 0. The molecule has 0 atom stereocenters. The van der Waals surface area contributed by atoms with E-state index in [1.165, 1.54) is 16.7 Å². The first-order valence-corrected chi connectivity index (χ1v) is 7.41. The van der Waals surface area contributed by atoms with E-state index in [9.17, 15) is 0 Å². The summed E-state index contributed by atoms with van der Waals surface area (Å²) in [4.78, 5) is 0. The number of hydrogen-bond donors (Lipinski definition) is 1. The fraction of sp³-hybridized carbons (Fsp3) is 0.250. The molecule has 3 heteroatoms. The monoisotopic (exact) mass is 273 g/mol. The zero-order valence-electron chi connectivity index (χ0n) is 11.3. The number of aryl methyl sites for hydroxylation is 1. The lowest BCUT2D eigenvalue weighted by molar-refractivity contribution is 0.417. The molecule has 0 saturated carbocycles. The van der Waals surface area contributed by atoms with Crippen molar-refractivity contribution in [3.63, 3.8) is 0 Å². The standard InChI is InChI=1S/C16H19NOS/c1-12-5-3-4-6-14(12)11-19-10-13-7-8-16(18-2)15(17)9-13/h3-9H,10-11,17H2,1-2H3. The molecule has 2 rings (SSSR count). The number of anilines is 1. The summed E-state index contributed by atoms with van der Waals surface area (Å²) in [6, 6.07) is 14.5. The van der Waals surface area contributed by atoms with Crippen LogP contribution < -0.4 is 10.5 Å². The Kier molecular flexibility index (Phi) is 4.74. The van der Waals surface area contributed by atoms with Crippen LogP contribution in [0.15, 0.2) is 42.5 Å². The van der Waals surface area contributed by atoms with Crippen molar-refractivity contribution in [2.75, 3.05) is 12.8 Å². The lowest BCUT2D eigenvalue weighted by atomic mass is 10.1. The second-order valence-corrected chi connectivity index (χ2v) is 5.48. The first-order valence-electron chi connectivity index (χ1n) is 6.25. The number of rotatable bonds is 5. The van der Waals surface area contributed by atoms with Gasteiger partial charge in [0.25, 0.3) is 0 Å². The molecule has 2 nitrogen and oxygen atoms in total. The summed E-state index contributed by atoms with van der Waals surface area (Å²) in [5.74, 6) is 2.73. The van der Waals surface area contributed by atoms with Crippen LogP contribution in [-0.2, 0) is 11.5 Å². The van der Waals surface area contributed by atoms with E-state index in [0.717, 1.165) is 17.3 Å². The Morgan fingerprint density at radius 2 is 1.89 bits per heavy atom. The van der Waals surface area contributed by atoms with E-state index in [4.69, 9.17) is 10.5 Å². The molecule has 100 valence electrons. The van der Waals surface area contributed by atoms with Crippen molar-refractivity contribution in [1.29, 1.82) is 0 Å². The highest BCUT2D eigenvalue weighted by molar-refractivity contribution is 7.97. The van der Waals surface area contributed by atoms with Gasteiger partial charge in [0.2, 0.25) is 0 Å². The first-order chi connectivity index (χ1) is 9.20. The highest BCUT2D eigenvalue weighted by Crippen LogP contribution is 2.25. The Bertz CT molecular complexity index is 554.